The number of benzene rings is 1. The van der Waals surface area contributed by atoms with Gasteiger partial charge in [-0.2, -0.15) is 0 Å². The largest absolute Gasteiger partial charge is 0.342 e. The zero-order chi connectivity index (χ0) is 13.9. The summed E-state index contributed by atoms with van der Waals surface area (Å²) in [6, 6.07) is 13.6. The summed E-state index contributed by atoms with van der Waals surface area (Å²) in [6.45, 7) is 6.25. The second-order valence-electron chi connectivity index (χ2n) is 5.41. The molecule has 0 spiro atoms. The fourth-order valence-electron chi connectivity index (χ4n) is 2.50. The lowest BCUT2D eigenvalue weighted by molar-refractivity contribution is 0.589. The summed E-state index contributed by atoms with van der Waals surface area (Å²) in [5, 5.41) is 6.98. The number of rotatable bonds is 5. The number of aromatic nitrogens is 1. The van der Waals surface area contributed by atoms with Crippen molar-refractivity contribution >= 4 is 22.2 Å². The van der Waals surface area contributed by atoms with Crippen LogP contribution in [0.25, 0.3) is 10.9 Å². The molecular weight excluding hydrogens is 264 g/mol. The zero-order valence-corrected chi connectivity index (χ0v) is 12.8. The summed E-state index contributed by atoms with van der Waals surface area (Å²) in [7, 11) is 0. The van der Waals surface area contributed by atoms with Gasteiger partial charge in [-0.25, -0.2) is 0 Å². The van der Waals surface area contributed by atoms with Gasteiger partial charge in [0.15, 0.2) is 0 Å². The average Bonchev–Trinajstić information content (AvgIpc) is 3.07. The zero-order valence-electron chi connectivity index (χ0n) is 12.0. The fraction of sp³-hybridized carbons (Fsp3) is 0.294. The molecule has 0 aliphatic carbocycles. The number of nitrogens with zero attached hydrogens (tertiary/aromatic N) is 1. The predicted molar refractivity (Wildman–Crippen MR) is 87.3 cm³/mol. The normalized spacial score (nSPS) is 11.6. The molecule has 0 saturated heterocycles. The van der Waals surface area contributed by atoms with Gasteiger partial charge in [0.1, 0.15) is 0 Å². The van der Waals surface area contributed by atoms with E-state index in [1.807, 2.05) is 11.3 Å². The molecule has 0 fully saturated rings. The number of thiophene rings is 1. The number of para-hydroxylation sites is 1. The van der Waals surface area contributed by atoms with E-state index < -0.39 is 0 Å². The fourth-order valence-corrected chi connectivity index (χ4v) is 3.20. The molecule has 3 rings (SSSR count). The molecule has 3 heteroatoms. The van der Waals surface area contributed by atoms with E-state index in [1.165, 1.54) is 21.3 Å². The molecule has 1 N–H and O–H groups in total. The third kappa shape index (κ3) is 2.79. The Bertz CT molecular complexity index is 680. The molecule has 2 aromatic heterocycles. The highest BCUT2D eigenvalue weighted by atomic mass is 32.1. The van der Waals surface area contributed by atoms with E-state index in [0.29, 0.717) is 6.04 Å². The van der Waals surface area contributed by atoms with Crippen molar-refractivity contribution in [3.05, 3.63) is 58.4 Å². The Kier molecular flexibility index (Phi) is 3.90. The van der Waals surface area contributed by atoms with Crippen LogP contribution in [0.4, 0.5) is 0 Å². The molecular formula is C17H20N2S. The van der Waals surface area contributed by atoms with Crippen LogP contribution in [-0.4, -0.2) is 10.6 Å². The maximum absolute atomic E-state index is 3.52. The summed E-state index contributed by atoms with van der Waals surface area (Å²) >= 11 is 1.82. The lowest BCUT2D eigenvalue weighted by Crippen LogP contribution is -2.22. The van der Waals surface area contributed by atoms with Gasteiger partial charge in [0.05, 0.1) is 12.1 Å². The van der Waals surface area contributed by atoms with Crippen LogP contribution in [-0.2, 0) is 13.1 Å². The van der Waals surface area contributed by atoms with E-state index in [4.69, 9.17) is 0 Å². The first-order chi connectivity index (χ1) is 9.74. The van der Waals surface area contributed by atoms with E-state index in [2.05, 4.69) is 71.7 Å². The van der Waals surface area contributed by atoms with Gasteiger partial charge in [-0.15, -0.1) is 11.3 Å². The smallest absolute Gasteiger partial charge is 0.0569 e. The van der Waals surface area contributed by atoms with Crippen LogP contribution < -0.4 is 5.32 Å². The minimum Gasteiger partial charge on any atom is -0.342 e. The second kappa shape index (κ2) is 5.81. The summed E-state index contributed by atoms with van der Waals surface area (Å²) in [5.74, 6) is 0. The van der Waals surface area contributed by atoms with Gasteiger partial charge in [0.25, 0.3) is 0 Å². The first-order valence-corrected chi connectivity index (χ1v) is 7.94. The Morgan fingerprint density at radius 1 is 1.15 bits per heavy atom. The van der Waals surface area contributed by atoms with Crippen molar-refractivity contribution in [1.29, 1.82) is 0 Å². The summed E-state index contributed by atoms with van der Waals surface area (Å²) in [5.41, 5.74) is 2.73. The van der Waals surface area contributed by atoms with Crippen LogP contribution in [0.3, 0.4) is 0 Å². The van der Waals surface area contributed by atoms with Gasteiger partial charge in [-0.3, -0.25) is 0 Å². The van der Waals surface area contributed by atoms with Gasteiger partial charge >= 0.3 is 0 Å². The van der Waals surface area contributed by atoms with Gasteiger partial charge in [-0.05, 0) is 28.5 Å². The van der Waals surface area contributed by atoms with Gasteiger partial charge < -0.3 is 9.88 Å². The van der Waals surface area contributed by atoms with Crippen LogP contribution in [0.2, 0.25) is 0 Å². The molecule has 0 amide bonds. The van der Waals surface area contributed by atoms with Gasteiger partial charge in [-0.1, -0.05) is 38.1 Å². The highest BCUT2D eigenvalue weighted by molar-refractivity contribution is 7.09. The summed E-state index contributed by atoms with van der Waals surface area (Å²) < 4.78 is 2.36. The Balaban J connectivity index is 1.96. The summed E-state index contributed by atoms with van der Waals surface area (Å²) in [4.78, 5) is 1.40. The van der Waals surface area contributed by atoms with Crippen molar-refractivity contribution in [2.75, 3.05) is 0 Å². The standard InChI is InChI=1S/C17H20N2S/c1-13(2)18-11-15-6-3-5-14-8-9-19(17(14)15)12-16-7-4-10-20-16/h3-10,13,18H,11-12H2,1-2H3. The Labute approximate surface area is 124 Å². The Hall–Kier alpha value is -1.58. The molecule has 2 heterocycles. The van der Waals surface area contributed by atoms with Crippen LogP contribution in [0.15, 0.2) is 48.0 Å². The lowest BCUT2D eigenvalue weighted by atomic mass is 10.1. The first kappa shape index (κ1) is 13.4. The van der Waals surface area contributed by atoms with Crippen molar-refractivity contribution in [3.63, 3.8) is 0 Å². The molecule has 0 atom stereocenters. The maximum Gasteiger partial charge on any atom is 0.0569 e. The van der Waals surface area contributed by atoms with E-state index in [-0.39, 0.29) is 0 Å². The Morgan fingerprint density at radius 2 is 2.05 bits per heavy atom. The quantitative estimate of drug-likeness (QED) is 0.741. The van der Waals surface area contributed by atoms with Gasteiger partial charge in [0.2, 0.25) is 0 Å². The predicted octanol–water partition coefficient (Wildman–Crippen LogP) is 4.25. The van der Waals surface area contributed by atoms with Crippen LogP contribution in [0.5, 0.6) is 0 Å². The molecule has 0 saturated carbocycles. The highest BCUT2D eigenvalue weighted by Crippen LogP contribution is 2.22. The maximum atomic E-state index is 3.52. The number of hydrogen-bond acceptors (Lipinski definition) is 2. The SMILES string of the molecule is CC(C)NCc1cccc2ccn(Cc3cccs3)c12. The summed E-state index contributed by atoms with van der Waals surface area (Å²) in [6.07, 6.45) is 2.20. The molecule has 2 nitrogen and oxygen atoms in total. The van der Waals surface area contributed by atoms with Gasteiger partial charge in [0, 0.05) is 23.7 Å². The van der Waals surface area contributed by atoms with Crippen LogP contribution in [0.1, 0.15) is 24.3 Å². The third-order valence-corrected chi connectivity index (χ3v) is 4.34. The van der Waals surface area contributed by atoms with E-state index in [1.54, 1.807) is 0 Å². The van der Waals surface area contributed by atoms with Crippen LogP contribution >= 0.6 is 11.3 Å². The number of nitrogens with one attached hydrogen (secondary N) is 1. The van der Waals surface area contributed by atoms with Crippen LogP contribution in [0, 0.1) is 0 Å². The van der Waals surface area contributed by atoms with Crippen molar-refractivity contribution in [2.24, 2.45) is 0 Å². The van der Waals surface area contributed by atoms with E-state index in [9.17, 15) is 0 Å². The molecule has 3 aromatic rings. The van der Waals surface area contributed by atoms with E-state index >= 15 is 0 Å². The Morgan fingerprint density at radius 3 is 2.80 bits per heavy atom. The van der Waals surface area contributed by atoms with Crippen molar-refractivity contribution in [1.82, 2.24) is 9.88 Å². The van der Waals surface area contributed by atoms with Crippen molar-refractivity contribution < 1.29 is 0 Å². The molecule has 0 aliphatic rings. The third-order valence-electron chi connectivity index (χ3n) is 3.48. The highest BCUT2D eigenvalue weighted by Gasteiger charge is 2.07. The molecule has 0 unspecified atom stereocenters. The molecule has 20 heavy (non-hydrogen) atoms. The minimum atomic E-state index is 0.506. The average molecular weight is 284 g/mol. The molecule has 0 bridgehead atoms. The molecule has 104 valence electrons. The monoisotopic (exact) mass is 284 g/mol. The molecule has 1 aromatic carbocycles. The van der Waals surface area contributed by atoms with Crippen molar-refractivity contribution in [3.8, 4) is 0 Å². The lowest BCUT2D eigenvalue weighted by Gasteiger charge is -2.12. The number of hydrogen-bond donors (Lipinski definition) is 1. The number of fused-ring (bicyclic) bond motifs is 1. The topological polar surface area (TPSA) is 17.0 Å². The second-order valence-corrected chi connectivity index (χ2v) is 6.45. The first-order valence-electron chi connectivity index (χ1n) is 7.06. The van der Waals surface area contributed by atoms with E-state index in [0.717, 1.165) is 13.1 Å². The molecule has 0 aliphatic heterocycles. The minimum absolute atomic E-state index is 0.506. The molecule has 0 radical (unpaired) electrons. The van der Waals surface area contributed by atoms with Crippen molar-refractivity contribution in [2.45, 2.75) is 33.0 Å².